The molecule has 0 aliphatic rings. The SMILES string of the molecule is O=c1[nH]nc(-c2ccccc2)n1/N=C/c1cccc([NH+]([O-])O)c1. The first-order valence-corrected chi connectivity index (χ1v) is 6.76. The molecule has 2 aromatic carbocycles. The highest BCUT2D eigenvalue weighted by Crippen LogP contribution is 2.14. The third-order valence-electron chi connectivity index (χ3n) is 3.14. The van der Waals surface area contributed by atoms with Crippen LogP contribution in [0, 0.1) is 5.21 Å². The molecule has 0 saturated heterocycles. The number of hydrogen-bond donors (Lipinski definition) is 3. The predicted molar refractivity (Wildman–Crippen MR) is 83.5 cm³/mol. The first-order chi connectivity index (χ1) is 11.1. The number of nitrogens with zero attached hydrogens (tertiary/aromatic N) is 3. The topological polar surface area (TPSA) is 111 Å². The van der Waals surface area contributed by atoms with Crippen molar-refractivity contribution in [3.05, 3.63) is 75.9 Å². The van der Waals surface area contributed by atoms with Gasteiger partial charge in [-0.05, 0) is 0 Å². The van der Waals surface area contributed by atoms with Crippen LogP contribution in [0.1, 0.15) is 5.56 Å². The van der Waals surface area contributed by atoms with Gasteiger partial charge in [-0.25, -0.2) is 15.1 Å². The lowest BCUT2D eigenvalue weighted by Crippen LogP contribution is -2.99. The molecule has 1 atom stereocenters. The van der Waals surface area contributed by atoms with Gasteiger partial charge in [0.2, 0.25) is 0 Å². The zero-order chi connectivity index (χ0) is 16.2. The van der Waals surface area contributed by atoms with Crippen molar-refractivity contribution in [3.63, 3.8) is 0 Å². The second-order valence-corrected chi connectivity index (χ2v) is 4.71. The molecule has 0 spiro atoms. The van der Waals surface area contributed by atoms with Crippen molar-refractivity contribution in [3.8, 4) is 11.4 Å². The van der Waals surface area contributed by atoms with Crippen LogP contribution in [0.25, 0.3) is 11.4 Å². The van der Waals surface area contributed by atoms with E-state index in [1.54, 1.807) is 12.1 Å². The quantitative estimate of drug-likeness (QED) is 0.482. The highest BCUT2D eigenvalue weighted by atomic mass is 16.8. The summed E-state index contributed by atoms with van der Waals surface area (Å²) in [5.74, 6) is 0.376. The number of benzene rings is 2. The highest BCUT2D eigenvalue weighted by Gasteiger charge is 2.09. The van der Waals surface area contributed by atoms with Gasteiger partial charge in [-0.2, -0.15) is 20.1 Å². The van der Waals surface area contributed by atoms with E-state index in [0.717, 1.165) is 10.2 Å². The molecule has 1 heterocycles. The molecule has 3 aromatic rings. The van der Waals surface area contributed by atoms with Crippen LogP contribution >= 0.6 is 0 Å². The number of hydrogen-bond acceptors (Lipinski definition) is 5. The van der Waals surface area contributed by atoms with E-state index in [1.165, 1.54) is 18.3 Å². The molecule has 8 heteroatoms. The monoisotopic (exact) mass is 311 g/mol. The first-order valence-electron chi connectivity index (χ1n) is 6.76. The van der Waals surface area contributed by atoms with Crippen molar-refractivity contribution in [2.75, 3.05) is 0 Å². The number of aromatic nitrogens is 3. The minimum absolute atomic E-state index is 0.150. The number of nitrogens with one attached hydrogen (secondary N) is 2. The summed E-state index contributed by atoms with van der Waals surface area (Å²) in [5, 5.41) is 29.3. The molecule has 0 aliphatic heterocycles. The maximum absolute atomic E-state index is 11.8. The van der Waals surface area contributed by atoms with Crippen LogP contribution in [0.5, 0.6) is 0 Å². The Morgan fingerprint density at radius 3 is 2.74 bits per heavy atom. The maximum atomic E-state index is 11.8. The van der Waals surface area contributed by atoms with Crippen LogP contribution in [0.4, 0.5) is 5.69 Å². The van der Waals surface area contributed by atoms with Crippen LogP contribution in [0.2, 0.25) is 0 Å². The minimum atomic E-state index is -1.02. The van der Waals surface area contributed by atoms with Gasteiger partial charge in [0.25, 0.3) is 0 Å². The molecule has 0 bridgehead atoms. The van der Waals surface area contributed by atoms with E-state index in [0.29, 0.717) is 11.4 Å². The number of aromatic amines is 1. The first kappa shape index (κ1) is 14.9. The number of quaternary nitrogens is 1. The molecule has 116 valence electrons. The van der Waals surface area contributed by atoms with Crippen molar-refractivity contribution in [1.29, 1.82) is 0 Å². The average molecular weight is 311 g/mol. The van der Waals surface area contributed by atoms with Crippen molar-refractivity contribution in [1.82, 2.24) is 14.9 Å². The Morgan fingerprint density at radius 2 is 2.00 bits per heavy atom. The van der Waals surface area contributed by atoms with Gasteiger partial charge in [0.05, 0.1) is 6.21 Å². The largest absolute Gasteiger partial charge is 0.595 e. The second-order valence-electron chi connectivity index (χ2n) is 4.71. The summed E-state index contributed by atoms with van der Waals surface area (Å²) in [5.41, 5.74) is 0.977. The van der Waals surface area contributed by atoms with E-state index in [-0.39, 0.29) is 5.69 Å². The van der Waals surface area contributed by atoms with E-state index in [1.807, 2.05) is 30.3 Å². The molecule has 3 rings (SSSR count). The lowest BCUT2D eigenvalue weighted by molar-refractivity contribution is -0.991. The van der Waals surface area contributed by atoms with Crippen LogP contribution in [-0.2, 0) is 0 Å². The summed E-state index contributed by atoms with van der Waals surface area (Å²) in [4.78, 5) is 11.8. The number of H-pyrrole nitrogens is 1. The average Bonchev–Trinajstić information content (AvgIpc) is 2.95. The molecule has 0 fully saturated rings. The molecule has 1 unspecified atom stereocenters. The summed E-state index contributed by atoms with van der Waals surface area (Å²) in [7, 11) is 0. The molecule has 0 radical (unpaired) electrons. The summed E-state index contributed by atoms with van der Waals surface area (Å²) in [6, 6.07) is 15.4. The van der Waals surface area contributed by atoms with Crippen molar-refractivity contribution < 1.29 is 10.4 Å². The Kier molecular flexibility index (Phi) is 4.11. The van der Waals surface area contributed by atoms with E-state index in [2.05, 4.69) is 15.3 Å². The van der Waals surface area contributed by atoms with Gasteiger partial charge in [-0.3, -0.25) is 0 Å². The molecule has 3 N–H and O–H groups in total. The fourth-order valence-corrected chi connectivity index (χ4v) is 2.05. The van der Waals surface area contributed by atoms with Crippen LogP contribution in [0.15, 0.2) is 64.5 Å². The van der Waals surface area contributed by atoms with Crippen molar-refractivity contribution >= 4 is 11.9 Å². The van der Waals surface area contributed by atoms with Gasteiger partial charge in [-0.1, -0.05) is 42.5 Å². The Morgan fingerprint density at radius 1 is 1.22 bits per heavy atom. The smallest absolute Gasteiger partial charge is 0.364 e. The zero-order valence-electron chi connectivity index (χ0n) is 11.9. The summed E-state index contributed by atoms with van der Waals surface area (Å²) >= 11 is 0. The minimum Gasteiger partial charge on any atom is -0.595 e. The molecule has 0 saturated carbocycles. The standard InChI is InChI=1S/C15H13N5O3/c21-15-18-17-14(12-6-2-1-3-7-12)19(15)16-10-11-5-4-8-13(9-11)20(22)23/h1-10,20,22H,(H,18,21)/b16-10+. The Labute approximate surface area is 130 Å². The Bertz CT molecular complexity index is 883. The second kappa shape index (κ2) is 6.36. The zero-order valence-corrected chi connectivity index (χ0v) is 11.9. The molecule has 23 heavy (non-hydrogen) atoms. The van der Waals surface area contributed by atoms with Gasteiger partial charge >= 0.3 is 5.69 Å². The fourth-order valence-electron chi connectivity index (χ4n) is 2.05. The normalized spacial score (nSPS) is 12.6. The van der Waals surface area contributed by atoms with Gasteiger partial charge in [-0.15, -0.1) is 0 Å². The van der Waals surface area contributed by atoms with Gasteiger partial charge in [0, 0.05) is 23.3 Å². The van der Waals surface area contributed by atoms with E-state index < -0.39 is 10.9 Å². The van der Waals surface area contributed by atoms with Gasteiger partial charge in [0.15, 0.2) is 11.5 Å². The third-order valence-corrected chi connectivity index (χ3v) is 3.14. The van der Waals surface area contributed by atoms with Crippen LogP contribution < -0.4 is 10.9 Å². The molecule has 0 aliphatic carbocycles. The highest BCUT2D eigenvalue weighted by molar-refractivity contribution is 5.80. The summed E-state index contributed by atoms with van der Waals surface area (Å²) < 4.78 is 1.13. The molecule has 1 aromatic heterocycles. The summed E-state index contributed by atoms with van der Waals surface area (Å²) in [6.45, 7) is 0. The molecule has 0 amide bonds. The van der Waals surface area contributed by atoms with Crippen molar-refractivity contribution in [2.24, 2.45) is 5.10 Å². The molecular formula is C15H13N5O3. The maximum Gasteiger partial charge on any atom is 0.364 e. The molecular weight excluding hydrogens is 298 g/mol. The lowest BCUT2D eigenvalue weighted by atomic mass is 10.2. The van der Waals surface area contributed by atoms with E-state index in [9.17, 15) is 10.0 Å². The summed E-state index contributed by atoms with van der Waals surface area (Å²) in [6.07, 6.45) is 1.41. The van der Waals surface area contributed by atoms with Gasteiger partial charge in [0.1, 0.15) is 0 Å². The predicted octanol–water partition coefficient (Wildman–Crippen LogP) is 0.524. The van der Waals surface area contributed by atoms with Crippen molar-refractivity contribution in [2.45, 2.75) is 0 Å². The molecule has 8 nitrogen and oxygen atoms in total. The van der Waals surface area contributed by atoms with E-state index in [4.69, 9.17) is 5.21 Å². The van der Waals surface area contributed by atoms with Crippen LogP contribution in [0.3, 0.4) is 0 Å². The lowest BCUT2D eigenvalue weighted by Gasteiger charge is -2.11. The number of rotatable bonds is 4. The Hall–Kier alpha value is -3.07. The third kappa shape index (κ3) is 3.24. The Balaban J connectivity index is 1.96. The van der Waals surface area contributed by atoms with Gasteiger partial charge < -0.3 is 5.21 Å². The fraction of sp³-hybridized carbons (Fsp3) is 0. The van der Waals surface area contributed by atoms with E-state index >= 15 is 0 Å². The van der Waals surface area contributed by atoms with Crippen LogP contribution in [-0.4, -0.2) is 26.3 Å².